The Kier molecular flexibility index (Phi) is 22.1. The summed E-state index contributed by atoms with van der Waals surface area (Å²) in [4.78, 5) is 43.0. The molecule has 4 aliphatic carbocycles. The second-order valence-electron chi connectivity index (χ2n) is 28.6. The number of hydroxylamine groups is 2. The maximum Gasteiger partial charge on any atom is 0.407 e. The molecular formula is C67H101N2O24-. The van der Waals surface area contributed by atoms with E-state index in [0.717, 1.165) is 5.57 Å². The van der Waals surface area contributed by atoms with Gasteiger partial charge in [-0.1, -0.05) is 63.6 Å². The van der Waals surface area contributed by atoms with Crippen LogP contribution in [0, 0.1) is 52.0 Å². The van der Waals surface area contributed by atoms with Crippen LogP contribution < -0.4 is 5.32 Å². The van der Waals surface area contributed by atoms with Gasteiger partial charge in [0, 0.05) is 68.8 Å². The molecule has 10 rings (SSSR count). The Morgan fingerprint density at radius 1 is 0.688 bits per heavy atom. The van der Waals surface area contributed by atoms with E-state index in [0.29, 0.717) is 17.6 Å². The molecule has 6 heterocycles. The fourth-order valence-corrected chi connectivity index (χ4v) is 17.3. The number of ketones is 1. The third-order valence-corrected chi connectivity index (χ3v) is 22.3. The fraction of sp³-hybridized carbons (Fsp3) is 0.806. The normalized spacial score (nSPS) is 49.2. The van der Waals surface area contributed by atoms with Crippen molar-refractivity contribution < 1.29 is 112 Å². The molecule has 8 N–H and O–H groups in total. The topological polar surface area (TPSA) is 351 Å². The van der Waals surface area contributed by atoms with Crippen LogP contribution in [0.5, 0.6) is 0 Å². The highest BCUT2D eigenvalue weighted by Gasteiger charge is 2.64. The summed E-state index contributed by atoms with van der Waals surface area (Å²) in [5.41, 5.74) is -3.33. The predicted molar refractivity (Wildman–Crippen MR) is 327 cm³/mol. The summed E-state index contributed by atoms with van der Waals surface area (Å²) in [6, 6.07) is -1.03. The largest absolute Gasteiger partial charge is 0.762 e. The summed E-state index contributed by atoms with van der Waals surface area (Å²) >= 11 is 0. The minimum absolute atomic E-state index is 0.00305. The van der Waals surface area contributed by atoms with Gasteiger partial charge in [0.2, 0.25) is 5.78 Å². The molecule has 1 spiro atoms. The zero-order valence-electron chi connectivity index (χ0n) is 55.9. The van der Waals surface area contributed by atoms with Gasteiger partial charge in [0.1, 0.15) is 35.7 Å². The van der Waals surface area contributed by atoms with Crippen molar-refractivity contribution >= 4 is 17.8 Å². The van der Waals surface area contributed by atoms with E-state index in [1.165, 1.54) is 21.1 Å². The quantitative estimate of drug-likeness (QED) is 0.0469. The van der Waals surface area contributed by atoms with Gasteiger partial charge in [-0.3, -0.25) is 10.0 Å². The van der Waals surface area contributed by atoms with Crippen molar-refractivity contribution in [3.05, 3.63) is 63.6 Å². The van der Waals surface area contributed by atoms with E-state index in [1.807, 2.05) is 39.8 Å². The number of amides is 1. The second kappa shape index (κ2) is 28.5. The van der Waals surface area contributed by atoms with Crippen LogP contribution in [0.4, 0.5) is 4.79 Å². The minimum atomic E-state index is -1.84. The summed E-state index contributed by atoms with van der Waals surface area (Å²) in [6.07, 6.45) is -7.74. The van der Waals surface area contributed by atoms with Crippen LogP contribution in [0.1, 0.15) is 134 Å². The van der Waals surface area contributed by atoms with Crippen molar-refractivity contribution in [2.45, 2.75) is 275 Å². The highest BCUT2D eigenvalue weighted by molar-refractivity contribution is 6.26. The number of hydrogen-bond acceptors (Lipinski definition) is 25. The third-order valence-electron chi connectivity index (χ3n) is 22.3. The van der Waals surface area contributed by atoms with Crippen molar-refractivity contribution in [1.82, 2.24) is 10.5 Å². The zero-order chi connectivity index (χ0) is 67.7. The SMILES string of the molecule is COC(=O)N[C@H]1[C@@H](C)O[C@@H](O[C@H]2C/C=C(\C)[C@@H]3C=C[C@@H]4[C@@H](O[C@H]5C[C@@H](O[C@H]6CC(O[C@H]7C[C@H](O)[C@@H](O)[C@H](C)O7)C(O[C@@H]7C[C@@H](O)[C@@H](OC)[C@H](C)O7)[C@H](C)O6)[C@@H](O)[C@H](C)O5)[C@@H](C)C[C@H](C)[C@H]4[C@]3(C)C(O)=C3C(=O)O[C@]4(C[C@@H](C)C(CO)=C[C@H]4/C=C/2C)C3=O)C[C@]1(C)N([O-])O. The summed E-state index contributed by atoms with van der Waals surface area (Å²) in [5.74, 6) is -5.27. The van der Waals surface area contributed by atoms with Crippen molar-refractivity contribution in [3.63, 3.8) is 0 Å². The summed E-state index contributed by atoms with van der Waals surface area (Å²) in [5, 5.41) is 94.1. The summed E-state index contributed by atoms with van der Waals surface area (Å²) in [6.45, 7) is 21.4. The lowest BCUT2D eigenvalue weighted by molar-refractivity contribution is -0.353. The number of nitrogens with one attached hydrogen (secondary N) is 1. The number of methoxy groups -OCH3 is 2. The number of fused-ring (bicyclic) bond motifs is 4. The predicted octanol–water partition coefficient (Wildman–Crippen LogP) is 5.37. The van der Waals surface area contributed by atoms with E-state index in [9.17, 15) is 50.6 Å². The monoisotopic (exact) mass is 1320 g/mol. The molecule has 26 nitrogen and oxygen atoms in total. The van der Waals surface area contributed by atoms with E-state index in [1.54, 1.807) is 46.8 Å². The number of aliphatic hydroxyl groups excluding tert-OH is 6. The van der Waals surface area contributed by atoms with Gasteiger partial charge >= 0.3 is 12.1 Å². The number of esters is 1. The molecular weight excluding hydrogens is 1220 g/mol. The fourth-order valence-electron chi connectivity index (χ4n) is 17.3. The first-order valence-electron chi connectivity index (χ1n) is 33.2. The first kappa shape index (κ1) is 71.9. The Balaban J connectivity index is 0.942. The number of Topliss-reactive ketones (excluding diaryl/α,β-unsaturated/α-hetero) is 1. The Hall–Kier alpha value is -3.85. The standard InChI is InChI=1S/C67H101N2O24/c1-29-15-18-45(88-52-27-65(11,69(79)80)60(38(10)87-52)68-64(78)82-14)30(2)20-40-21-39(28-70)33(5)26-67(40)62(76)53(63(77)93-67)61(75)66(12)42(29)17-16-41-54(66)31(3)19-32(4)57(41)91-51-24-46(56(74)35(7)84-51)89-50-25-47(90-48-22-43(71)55(73)34(6)83-48)59(37(9)86-50)92-49-23-44(72)58(81-13)36(8)85-49/h15-17,20-21,31-38,40-52,54-60,70-75,79H,18-19,22-28H2,1-14H3,(H,68,78)/q-1/b29-15+,30-20+,61-53?/t31-,32-,33+,34-,35-,36-,37-,38+,40+,41-,42-,43-,44+,45-,46+,47?,48-,49+,50-,51-,52-,54+,55-,56-,57-,58-,59?,60-,65-,66+,67-/m0/s1. The van der Waals surface area contributed by atoms with Gasteiger partial charge in [-0.15, -0.1) is 0 Å². The number of hydrogen-bond donors (Lipinski definition) is 8. The Morgan fingerprint density at radius 3 is 1.92 bits per heavy atom. The lowest BCUT2D eigenvalue weighted by Gasteiger charge is -2.56. The number of nitrogens with zero attached hydrogens (tertiary/aromatic N) is 1. The molecule has 26 heteroatoms. The number of ether oxygens (including phenoxy) is 13. The van der Waals surface area contributed by atoms with Gasteiger partial charge in [0.25, 0.3) is 0 Å². The van der Waals surface area contributed by atoms with Crippen molar-refractivity contribution in [2.75, 3.05) is 20.8 Å². The average Bonchev–Trinajstić information content (AvgIpc) is 1.70. The van der Waals surface area contributed by atoms with Gasteiger partial charge in [-0.25, -0.2) is 9.59 Å². The molecule has 93 heavy (non-hydrogen) atoms. The lowest BCUT2D eigenvalue weighted by Crippen LogP contribution is -2.67. The molecule has 1 amide bonds. The first-order valence-corrected chi connectivity index (χ1v) is 33.2. The van der Waals surface area contributed by atoms with E-state index in [2.05, 4.69) is 25.2 Å². The van der Waals surface area contributed by atoms with E-state index < -0.39 is 204 Å². The molecule has 0 radical (unpaired) electrons. The smallest absolute Gasteiger partial charge is 0.407 e. The maximum atomic E-state index is 15.7. The molecule has 2 unspecified atom stereocenters. The number of aliphatic hydroxyl groups is 6. The average molecular weight is 1320 g/mol. The highest BCUT2D eigenvalue weighted by atomic mass is 16.8. The molecule has 0 aromatic heterocycles. The summed E-state index contributed by atoms with van der Waals surface area (Å²) < 4.78 is 82.1. The number of carbonyl (C=O) groups excluding carboxylic acids is 3. The van der Waals surface area contributed by atoms with Crippen LogP contribution in [-0.2, 0) is 71.2 Å². The van der Waals surface area contributed by atoms with E-state index in [-0.39, 0.29) is 68.6 Å². The second-order valence-corrected chi connectivity index (χ2v) is 28.6. The van der Waals surface area contributed by atoms with Crippen LogP contribution in [0.25, 0.3) is 0 Å². The molecule has 0 aromatic rings. The van der Waals surface area contributed by atoms with Crippen molar-refractivity contribution in [1.29, 1.82) is 0 Å². The molecule has 10 aliphatic rings. The number of allylic oxidation sites excluding steroid dienone is 3. The van der Waals surface area contributed by atoms with Crippen LogP contribution in [0.15, 0.2) is 58.4 Å². The summed E-state index contributed by atoms with van der Waals surface area (Å²) in [7, 11) is 2.68. The molecule has 6 aliphatic heterocycles. The van der Waals surface area contributed by atoms with Gasteiger partial charge < -0.3 is 108 Å². The minimum Gasteiger partial charge on any atom is -0.762 e. The zero-order valence-corrected chi connectivity index (χ0v) is 55.9. The van der Waals surface area contributed by atoms with Crippen LogP contribution in [-0.4, -0.2) is 220 Å². The molecule has 7 fully saturated rings. The third kappa shape index (κ3) is 13.9. The van der Waals surface area contributed by atoms with Gasteiger partial charge in [-0.2, -0.15) is 0 Å². The Labute approximate surface area is 544 Å². The molecule has 6 saturated heterocycles. The number of alkyl carbamates (subject to hydrolysis) is 1. The van der Waals surface area contributed by atoms with Crippen LogP contribution in [0.2, 0.25) is 0 Å². The molecule has 524 valence electrons. The Bertz CT molecular complexity index is 2830. The molecule has 31 atom stereocenters. The number of carbonyl (C=O) groups is 3. The molecule has 1 saturated carbocycles. The van der Waals surface area contributed by atoms with E-state index >= 15 is 4.79 Å². The molecule has 2 bridgehead atoms. The molecule has 0 aromatic carbocycles. The van der Waals surface area contributed by atoms with Gasteiger partial charge in [0.15, 0.2) is 37.1 Å². The van der Waals surface area contributed by atoms with Crippen LogP contribution >= 0.6 is 0 Å². The van der Waals surface area contributed by atoms with Crippen molar-refractivity contribution in [3.8, 4) is 0 Å². The lowest BCUT2D eigenvalue weighted by atomic mass is 9.49. The van der Waals surface area contributed by atoms with Crippen molar-refractivity contribution in [2.24, 2.45) is 46.8 Å². The van der Waals surface area contributed by atoms with E-state index in [4.69, 9.17) is 61.6 Å². The number of rotatable bonds is 14. The van der Waals surface area contributed by atoms with Crippen LogP contribution in [0.3, 0.4) is 0 Å². The van der Waals surface area contributed by atoms with Gasteiger partial charge in [0.05, 0.1) is 92.4 Å². The highest BCUT2D eigenvalue weighted by Crippen LogP contribution is 2.61. The Morgan fingerprint density at radius 2 is 1.28 bits per heavy atom. The first-order chi connectivity index (χ1) is 43.9. The van der Waals surface area contributed by atoms with Gasteiger partial charge in [-0.05, 0) is 103 Å². The maximum absolute atomic E-state index is 15.7.